The number of hydrogen-bond acceptors (Lipinski definition) is 4. The van der Waals surface area contributed by atoms with Gasteiger partial charge in [-0.3, -0.25) is 9.59 Å². The zero-order valence-electron chi connectivity index (χ0n) is 14.6. The molecule has 0 aliphatic carbocycles. The molecule has 2 heterocycles. The third-order valence-corrected chi connectivity index (χ3v) is 5.78. The molecule has 0 bridgehead atoms. The lowest BCUT2D eigenvalue weighted by molar-refractivity contribution is -0.131. The second-order valence-electron chi connectivity index (χ2n) is 6.34. The first kappa shape index (κ1) is 20.0. The van der Waals surface area contributed by atoms with E-state index < -0.39 is 0 Å². The summed E-state index contributed by atoms with van der Waals surface area (Å²) >= 11 is 13.5. The van der Waals surface area contributed by atoms with Gasteiger partial charge in [-0.05, 0) is 42.5 Å². The molecule has 3 rings (SSSR count). The van der Waals surface area contributed by atoms with Crippen LogP contribution in [0.1, 0.15) is 17.7 Å². The van der Waals surface area contributed by atoms with Crippen molar-refractivity contribution in [3.63, 3.8) is 0 Å². The van der Waals surface area contributed by atoms with Gasteiger partial charge in [-0.25, -0.2) is 0 Å². The number of ether oxygens (including phenoxy) is 1. The smallest absolute Gasteiger partial charge is 0.258 e. The lowest BCUT2D eigenvalue weighted by Gasteiger charge is -2.32. The van der Waals surface area contributed by atoms with Crippen LogP contribution < -0.4 is 10.1 Å². The average molecular weight is 427 g/mol. The van der Waals surface area contributed by atoms with Gasteiger partial charge >= 0.3 is 0 Å². The molecule has 1 aromatic carbocycles. The predicted octanol–water partition coefficient (Wildman–Crippen LogP) is 3.78. The second kappa shape index (κ2) is 9.44. The Hall–Kier alpha value is -1.76. The average Bonchev–Trinajstić information content (AvgIpc) is 3.14. The normalized spacial score (nSPS) is 14.8. The van der Waals surface area contributed by atoms with Crippen molar-refractivity contribution in [2.24, 2.45) is 0 Å². The predicted molar refractivity (Wildman–Crippen MR) is 108 cm³/mol. The van der Waals surface area contributed by atoms with Gasteiger partial charge < -0.3 is 15.0 Å². The van der Waals surface area contributed by atoms with Gasteiger partial charge in [0, 0.05) is 29.0 Å². The molecule has 1 N–H and O–H groups in total. The van der Waals surface area contributed by atoms with E-state index >= 15 is 0 Å². The van der Waals surface area contributed by atoms with Crippen LogP contribution in [0, 0.1) is 0 Å². The molecule has 0 saturated carbocycles. The van der Waals surface area contributed by atoms with E-state index in [1.807, 2.05) is 22.4 Å². The number of hydrogen-bond donors (Lipinski definition) is 1. The second-order valence-corrected chi connectivity index (χ2v) is 8.22. The maximum absolute atomic E-state index is 12.3. The van der Waals surface area contributed by atoms with Crippen LogP contribution in [0.25, 0.3) is 0 Å². The lowest BCUT2D eigenvalue weighted by atomic mass is 10.0. The molecule has 8 heteroatoms. The van der Waals surface area contributed by atoms with Crippen molar-refractivity contribution in [3.05, 3.63) is 50.6 Å². The summed E-state index contributed by atoms with van der Waals surface area (Å²) in [5.41, 5.74) is 0. The third kappa shape index (κ3) is 5.86. The van der Waals surface area contributed by atoms with Gasteiger partial charge in [-0.1, -0.05) is 29.3 Å². The Bertz CT molecular complexity index is 790. The summed E-state index contributed by atoms with van der Waals surface area (Å²) in [4.78, 5) is 27.4. The molecule has 2 amide bonds. The molecule has 1 aromatic heterocycles. The Morgan fingerprint density at radius 2 is 2.00 bits per heavy atom. The monoisotopic (exact) mass is 426 g/mol. The van der Waals surface area contributed by atoms with Crippen LogP contribution in [-0.2, 0) is 16.0 Å². The Labute approximate surface area is 172 Å². The van der Waals surface area contributed by atoms with Gasteiger partial charge in [0.1, 0.15) is 5.75 Å². The van der Waals surface area contributed by atoms with Crippen LogP contribution in [0.2, 0.25) is 10.0 Å². The summed E-state index contributed by atoms with van der Waals surface area (Å²) in [6.45, 7) is 1.19. The Kier molecular flexibility index (Phi) is 6.99. The molecule has 144 valence electrons. The molecule has 1 aliphatic rings. The summed E-state index contributed by atoms with van der Waals surface area (Å²) in [7, 11) is 0. The number of piperidine rings is 1. The Morgan fingerprint density at radius 3 is 2.67 bits per heavy atom. The number of likely N-dealkylation sites (tertiary alicyclic amines) is 1. The van der Waals surface area contributed by atoms with Crippen molar-refractivity contribution < 1.29 is 14.3 Å². The molecule has 0 spiro atoms. The zero-order chi connectivity index (χ0) is 19.2. The molecule has 1 aliphatic heterocycles. The van der Waals surface area contributed by atoms with Crippen LogP contribution in [0.5, 0.6) is 5.75 Å². The maximum Gasteiger partial charge on any atom is 0.258 e. The molecule has 0 unspecified atom stereocenters. The van der Waals surface area contributed by atoms with Crippen molar-refractivity contribution in [2.45, 2.75) is 25.3 Å². The highest BCUT2D eigenvalue weighted by atomic mass is 35.5. The van der Waals surface area contributed by atoms with Crippen molar-refractivity contribution in [2.75, 3.05) is 19.7 Å². The number of nitrogens with one attached hydrogen (secondary N) is 1. The molecule has 27 heavy (non-hydrogen) atoms. The van der Waals surface area contributed by atoms with Crippen LogP contribution in [0.4, 0.5) is 0 Å². The fourth-order valence-corrected chi connectivity index (χ4v) is 4.11. The van der Waals surface area contributed by atoms with Gasteiger partial charge in [0.25, 0.3) is 5.91 Å². The Morgan fingerprint density at radius 1 is 1.22 bits per heavy atom. The molecular weight excluding hydrogens is 407 g/mol. The first-order valence-corrected chi connectivity index (χ1v) is 10.3. The van der Waals surface area contributed by atoms with E-state index in [0.717, 1.165) is 17.7 Å². The van der Waals surface area contributed by atoms with Gasteiger partial charge in [0.2, 0.25) is 5.91 Å². The van der Waals surface area contributed by atoms with Crippen molar-refractivity contribution in [1.82, 2.24) is 10.2 Å². The minimum absolute atomic E-state index is 0.0487. The third-order valence-electron chi connectivity index (χ3n) is 4.37. The number of thiophene rings is 1. The van der Waals surface area contributed by atoms with E-state index in [2.05, 4.69) is 5.32 Å². The van der Waals surface area contributed by atoms with E-state index in [0.29, 0.717) is 35.3 Å². The van der Waals surface area contributed by atoms with E-state index in [1.54, 1.807) is 29.5 Å². The van der Waals surface area contributed by atoms with Crippen molar-refractivity contribution >= 4 is 46.4 Å². The van der Waals surface area contributed by atoms with Crippen LogP contribution >= 0.6 is 34.5 Å². The fraction of sp³-hybridized carbons (Fsp3) is 0.368. The topological polar surface area (TPSA) is 58.6 Å². The molecule has 5 nitrogen and oxygen atoms in total. The number of amides is 2. The lowest BCUT2D eigenvalue weighted by Crippen LogP contribution is -2.47. The molecular formula is C19H20Cl2N2O3S. The summed E-state index contributed by atoms with van der Waals surface area (Å²) < 4.78 is 5.45. The van der Waals surface area contributed by atoms with Gasteiger partial charge in [0.05, 0.1) is 11.4 Å². The number of benzene rings is 1. The first-order valence-electron chi connectivity index (χ1n) is 8.68. The summed E-state index contributed by atoms with van der Waals surface area (Å²) in [5.74, 6) is 0.359. The Balaban J connectivity index is 1.39. The highest BCUT2D eigenvalue weighted by Crippen LogP contribution is 2.27. The fourth-order valence-electron chi connectivity index (χ4n) is 2.95. The molecule has 0 atom stereocenters. The maximum atomic E-state index is 12.3. The number of nitrogens with zero attached hydrogens (tertiary/aromatic N) is 1. The van der Waals surface area contributed by atoms with Crippen LogP contribution in [0.15, 0.2) is 35.7 Å². The zero-order valence-corrected chi connectivity index (χ0v) is 16.9. The SMILES string of the molecule is O=C(COc1ccc(Cl)cc1Cl)NC1CCN(C(=O)Cc2cccs2)CC1. The first-order chi connectivity index (χ1) is 13.0. The highest BCUT2D eigenvalue weighted by Gasteiger charge is 2.24. The largest absolute Gasteiger partial charge is 0.482 e. The number of rotatable bonds is 6. The minimum atomic E-state index is -0.204. The van der Waals surface area contributed by atoms with E-state index in [1.165, 1.54) is 0 Å². The summed E-state index contributed by atoms with van der Waals surface area (Å²) in [6, 6.07) is 8.84. The van der Waals surface area contributed by atoms with Crippen LogP contribution in [0.3, 0.4) is 0 Å². The van der Waals surface area contributed by atoms with Crippen molar-refractivity contribution in [1.29, 1.82) is 0 Å². The van der Waals surface area contributed by atoms with Crippen molar-refractivity contribution in [3.8, 4) is 5.75 Å². The quantitative estimate of drug-likeness (QED) is 0.764. The summed E-state index contributed by atoms with van der Waals surface area (Å²) in [6.07, 6.45) is 1.93. The minimum Gasteiger partial charge on any atom is -0.482 e. The van der Waals surface area contributed by atoms with E-state index in [-0.39, 0.29) is 24.5 Å². The molecule has 0 radical (unpaired) electrons. The standard InChI is InChI=1S/C19H20Cl2N2O3S/c20-13-3-4-17(16(21)10-13)26-12-18(24)22-14-5-7-23(8-6-14)19(25)11-15-2-1-9-27-15/h1-4,9-10,14H,5-8,11-12H2,(H,22,24). The number of carbonyl (C=O) groups is 2. The van der Waals surface area contributed by atoms with E-state index in [4.69, 9.17) is 27.9 Å². The summed E-state index contributed by atoms with van der Waals surface area (Å²) in [5, 5.41) is 5.81. The van der Waals surface area contributed by atoms with Gasteiger partial charge in [-0.2, -0.15) is 0 Å². The molecule has 1 fully saturated rings. The molecule has 2 aromatic rings. The highest BCUT2D eigenvalue weighted by molar-refractivity contribution is 7.10. The molecule has 1 saturated heterocycles. The van der Waals surface area contributed by atoms with E-state index in [9.17, 15) is 9.59 Å². The van der Waals surface area contributed by atoms with Crippen LogP contribution in [-0.4, -0.2) is 42.5 Å². The van der Waals surface area contributed by atoms with Gasteiger partial charge in [0.15, 0.2) is 6.61 Å². The van der Waals surface area contributed by atoms with Gasteiger partial charge in [-0.15, -0.1) is 11.3 Å². The number of halogens is 2. The number of carbonyl (C=O) groups excluding carboxylic acids is 2.